The molecule has 2 heterocycles. The van der Waals surface area contributed by atoms with Crippen LogP contribution in [0.15, 0.2) is 0 Å². The van der Waals surface area contributed by atoms with Gasteiger partial charge in [0.2, 0.25) is 0 Å². The second-order valence-corrected chi connectivity index (χ2v) is 6.21. The molecule has 0 bridgehead atoms. The quantitative estimate of drug-likeness (QED) is 0.733. The van der Waals surface area contributed by atoms with Crippen LogP contribution in [0.3, 0.4) is 0 Å². The van der Waals surface area contributed by atoms with Crippen LogP contribution in [0, 0.1) is 0 Å². The fourth-order valence-electron chi connectivity index (χ4n) is 3.16. The number of hydrogen-bond acceptors (Lipinski definition) is 4. The summed E-state index contributed by atoms with van der Waals surface area (Å²) in [6.07, 6.45) is 6.73. The summed E-state index contributed by atoms with van der Waals surface area (Å²) in [5, 5.41) is 3.38. The van der Waals surface area contributed by atoms with Crippen molar-refractivity contribution in [1.29, 1.82) is 0 Å². The maximum absolute atomic E-state index is 5.96. The maximum atomic E-state index is 5.96. The average Bonchev–Trinajstić information content (AvgIpc) is 2.45. The van der Waals surface area contributed by atoms with Crippen LogP contribution >= 0.6 is 0 Å². The summed E-state index contributed by atoms with van der Waals surface area (Å²) in [6.45, 7) is 6.93. The van der Waals surface area contributed by atoms with Gasteiger partial charge < -0.3 is 19.9 Å². The first-order chi connectivity index (χ1) is 9.25. The van der Waals surface area contributed by atoms with Gasteiger partial charge in [0.1, 0.15) is 0 Å². The normalized spacial score (nSPS) is 24.2. The molecule has 112 valence electrons. The van der Waals surface area contributed by atoms with Gasteiger partial charge in [0.05, 0.1) is 6.10 Å². The first-order valence-corrected chi connectivity index (χ1v) is 7.97. The van der Waals surface area contributed by atoms with E-state index in [1.807, 2.05) is 0 Å². The van der Waals surface area contributed by atoms with Gasteiger partial charge in [-0.05, 0) is 72.4 Å². The molecule has 0 amide bonds. The minimum Gasteiger partial charge on any atom is -0.378 e. The molecule has 0 atom stereocenters. The fourth-order valence-corrected chi connectivity index (χ4v) is 3.16. The van der Waals surface area contributed by atoms with Gasteiger partial charge in [-0.3, -0.25) is 0 Å². The van der Waals surface area contributed by atoms with Gasteiger partial charge in [-0.25, -0.2) is 0 Å². The number of likely N-dealkylation sites (tertiary alicyclic amines) is 1. The van der Waals surface area contributed by atoms with Crippen molar-refractivity contribution >= 4 is 0 Å². The van der Waals surface area contributed by atoms with E-state index >= 15 is 0 Å². The molecule has 2 saturated heterocycles. The third-order valence-corrected chi connectivity index (χ3v) is 4.55. The molecule has 0 radical (unpaired) electrons. The lowest BCUT2D eigenvalue weighted by molar-refractivity contribution is 0.0258. The number of nitrogens with zero attached hydrogens (tertiary/aromatic N) is 2. The standard InChI is InChI=1S/C15H31N3O/c1-17(2)14-6-11-18(12-7-14)10-3-13-19-15-4-8-16-9-5-15/h14-16H,3-13H2,1-2H3. The molecule has 0 spiro atoms. The number of ether oxygens (including phenoxy) is 1. The Balaban J connectivity index is 1.49. The summed E-state index contributed by atoms with van der Waals surface area (Å²) in [5.74, 6) is 0. The van der Waals surface area contributed by atoms with E-state index < -0.39 is 0 Å². The highest BCUT2D eigenvalue weighted by Crippen LogP contribution is 2.14. The Morgan fingerprint density at radius 3 is 2.42 bits per heavy atom. The van der Waals surface area contributed by atoms with E-state index in [1.165, 1.54) is 51.7 Å². The molecule has 2 fully saturated rings. The van der Waals surface area contributed by atoms with Crippen LogP contribution < -0.4 is 5.32 Å². The highest BCUT2D eigenvalue weighted by atomic mass is 16.5. The van der Waals surface area contributed by atoms with Crippen LogP contribution in [0.1, 0.15) is 32.1 Å². The van der Waals surface area contributed by atoms with Crippen LogP contribution in [-0.4, -0.2) is 75.4 Å². The Kier molecular flexibility index (Phi) is 6.57. The van der Waals surface area contributed by atoms with E-state index in [9.17, 15) is 0 Å². The monoisotopic (exact) mass is 269 g/mol. The second-order valence-electron chi connectivity index (χ2n) is 6.21. The summed E-state index contributed by atoms with van der Waals surface area (Å²) >= 11 is 0. The van der Waals surface area contributed by atoms with Crippen LogP contribution in [0.25, 0.3) is 0 Å². The third kappa shape index (κ3) is 5.38. The summed E-state index contributed by atoms with van der Waals surface area (Å²) < 4.78 is 5.96. The van der Waals surface area contributed by atoms with Gasteiger partial charge in [0.15, 0.2) is 0 Å². The van der Waals surface area contributed by atoms with E-state index in [4.69, 9.17) is 4.74 Å². The smallest absolute Gasteiger partial charge is 0.0599 e. The molecule has 2 rings (SSSR count). The Morgan fingerprint density at radius 1 is 1.11 bits per heavy atom. The van der Waals surface area contributed by atoms with Gasteiger partial charge in [0, 0.05) is 19.2 Å². The zero-order chi connectivity index (χ0) is 13.5. The zero-order valence-corrected chi connectivity index (χ0v) is 12.7. The molecule has 0 aliphatic carbocycles. The molecule has 19 heavy (non-hydrogen) atoms. The molecular weight excluding hydrogens is 238 g/mol. The van der Waals surface area contributed by atoms with E-state index in [2.05, 4.69) is 29.2 Å². The van der Waals surface area contributed by atoms with Crippen LogP contribution in [0.5, 0.6) is 0 Å². The third-order valence-electron chi connectivity index (χ3n) is 4.55. The first-order valence-electron chi connectivity index (χ1n) is 7.97. The van der Waals surface area contributed by atoms with E-state index in [1.54, 1.807) is 0 Å². The highest BCUT2D eigenvalue weighted by Gasteiger charge is 2.20. The predicted molar refractivity (Wildman–Crippen MR) is 79.6 cm³/mol. The molecule has 0 aromatic carbocycles. The molecule has 4 heteroatoms. The van der Waals surface area contributed by atoms with Crippen LogP contribution in [0.2, 0.25) is 0 Å². The lowest BCUT2D eigenvalue weighted by Gasteiger charge is -2.35. The molecule has 2 aliphatic rings. The van der Waals surface area contributed by atoms with Crippen molar-refractivity contribution < 1.29 is 4.74 Å². The van der Waals surface area contributed by atoms with Gasteiger partial charge in [-0.15, -0.1) is 0 Å². The lowest BCUT2D eigenvalue weighted by atomic mass is 10.0. The van der Waals surface area contributed by atoms with Crippen molar-refractivity contribution in [1.82, 2.24) is 15.1 Å². The van der Waals surface area contributed by atoms with Crippen molar-refractivity contribution in [3.05, 3.63) is 0 Å². The van der Waals surface area contributed by atoms with Crippen molar-refractivity contribution in [3.63, 3.8) is 0 Å². The molecule has 0 unspecified atom stereocenters. The van der Waals surface area contributed by atoms with Crippen molar-refractivity contribution in [2.24, 2.45) is 0 Å². The van der Waals surface area contributed by atoms with E-state index in [-0.39, 0.29) is 0 Å². The Morgan fingerprint density at radius 2 is 1.79 bits per heavy atom. The number of piperidine rings is 2. The maximum Gasteiger partial charge on any atom is 0.0599 e. The largest absolute Gasteiger partial charge is 0.378 e. The van der Waals surface area contributed by atoms with Crippen molar-refractivity contribution in [3.8, 4) is 0 Å². The molecule has 0 saturated carbocycles. The predicted octanol–water partition coefficient (Wildman–Crippen LogP) is 1.17. The number of rotatable bonds is 6. The zero-order valence-electron chi connectivity index (χ0n) is 12.7. The summed E-state index contributed by atoms with van der Waals surface area (Å²) in [7, 11) is 4.40. The van der Waals surface area contributed by atoms with Crippen molar-refractivity contribution in [2.45, 2.75) is 44.2 Å². The van der Waals surface area contributed by atoms with Crippen LogP contribution in [0.4, 0.5) is 0 Å². The van der Waals surface area contributed by atoms with E-state index in [0.717, 1.165) is 25.7 Å². The summed E-state index contributed by atoms with van der Waals surface area (Å²) in [6, 6.07) is 0.794. The SMILES string of the molecule is CN(C)C1CCN(CCCOC2CCNCC2)CC1. The number of hydrogen-bond donors (Lipinski definition) is 1. The minimum absolute atomic E-state index is 0.515. The topological polar surface area (TPSA) is 27.7 Å². The van der Waals surface area contributed by atoms with Crippen molar-refractivity contribution in [2.75, 3.05) is 53.4 Å². The van der Waals surface area contributed by atoms with Crippen LogP contribution in [-0.2, 0) is 4.74 Å². The molecule has 0 aromatic heterocycles. The molecule has 1 N–H and O–H groups in total. The molecule has 2 aliphatic heterocycles. The molecule has 4 nitrogen and oxygen atoms in total. The first kappa shape index (κ1) is 15.2. The Bertz CT molecular complexity index is 234. The van der Waals surface area contributed by atoms with E-state index in [0.29, 0.717) is 6.10 Å². The fraction of sp³-hybridized carbons (Fsp3) is 1.00. The van der Waals surface area contributed by atoms with Gasteiger partial charge in [-0.2, -0.15) is 0 Å². The summed E-state index contributed by atoms with van der Waals surface area (Å²) in [5.41, 5.74) is 0. The van der Waals surface area contributed by atoms with Gasteiger partial charge in [0.25, 0.3) is 0 Å². The number of nitrogens with one attached hydrogen (secondary N) is 1. The highest BCUT2D eigenvalue weighted by molar-refractivity contribution is 4.76. The van der Waals surface area contributed by atoms with Gasteiger partial charge in [-0.1, -0.05) is 0 Å². The molecular formula is C15H31N3O. The minimum atomic E-state index is 0.515. The second kappa shape index (κ2) is 8.20. The van der Waals surface area contributed by atoms with Gasteiger partial charge >= 0.3 is 0 Å². The Labute approximate surface area is 118 Å². The molecule has 0 aromatic rings. The summed E-state index contributed by atoms with van der Waals surface area (Å²) in [4.78, 5) is 4.98. The Hall–Kier alpha value is -0.160. The average molecular weight is 269 g/mol. The lowest BCUT2D eigenvalue weighted by Crippen LogP contribution is -2.42.